The maximum Gasteiger partial charge on any atom is 0.243 e. The molecule has 208 valence electrons. The van der Waals surface area contributed by atoms with E-state index >= 15 is 0 Å². The first-order valence-electron chi connectivity index (χ1n) is 14.7. The Bertz CT molecular complexity index is 1520. The normalized spacial score (nSPS) is 21.7. The SMILES string of the molecule is CC.Cc1cc(-c2[nH]c3cc(-c4ccc(N5CCN(C(=O)C67CC(CN6)C7)CC5)nc4)ccc3c2C)cc(C)n1. The van der Waals surface area contributed by atoms with Crippen LogP contribution in [0.4, 0.5) is 5.82 Å². The molecular formula is C33H40N6O. The molecule has 0 radical (unpaired) electrons. The van der Waals surface area contributed by atoms with Crippen molar-refractivity contribution in [2.24, 2.45) is 5.92 Å². The first-order valence-corrected chi connectivity index (χ1v) is 14.7. The lowest BCUT2D eigenvalue weighted by Gasteiger charge is -2.43. The van der Waals surface area contributed by atoms with Crippen molar-refractivity contribution in [3.63, 3.8) is 0 Å². The number of piperazine rings is 1. The molecule has 6 heterocycles. The van der Waals surface area contributed by atoms with Crippen molar-refractivity contribution >= 4 is 22.6 Å². The van der Waals surface area contributed by atoms with Crippen LogP contribution in [0.2, 0.25) is 0 Å². The number of aryl methyl sites for hydroxylation is 3. The highest BCUT2D eigenvalue weighted by atomic mass is 16.2. The summed E-state index contributed by atoms with van der Waals surface area (Å²) in [6, 6.07) is 15.1. The zero-order valence-electron chi connectivity index (χ0n) is 24.3. The van der Waals surface area contributed by atoms with Gasteiger partial charge in [-0.05, 0) is 87.5 Å². The molecule has 4 aliphatic rings. The summed E-state index contributed by atoms with van der Waals surface area (Å²) in [6.07, 6.45) is 4.01. The summed E-state index contributed by atoms with van der Waals surface area (Å²) in [5.74, 6) is 1.99. The van der Waals surface area contributed by atoms with Crippen LogP contribution in [0.3, 0.4) is 0 Å². The fourth-order valence-electron chi connectivity index (χ4n) is 6.77. The van der Waals surface area contributed by atoms with Gasteiger partial charge in [0.15, 0.2) is 0 Å². The zero-order chi connectivity index (χ0) is 28.0. The fraction of sp³-hybridized carbons (Fsp3) is 0.424. The number of hydrogen-bond donors (Lipinski definition) is 2. The molecule has 7 heteroatoms. The number of carbonyl (C=O) groups excluding carboxylic acids is 1. The second kappa shape index (κ2) is 10.4. The molecular weight excluding hydrogens is 496 g/mol. The van der Waals surface area contributed by atoms with Crippen LogP contribution < -0.4 is 10.2 Å². The summed E-state index contributed by atoms with van der Waals surface area (Å²) in [4.78, 5) is 30.4. The molecule has 2 bridgehead atoms. The average Bonchev–Trinajstić information content (AvgIpc) is 3.67. The molecule has 1 aromatic carbocycles. The molecule has 4 aromatic rings. The quantitative estimate of drug-likeness (QED) is 0.353. The van der Waals surface area contributed by atoms with Gasteiger partial charge in [-0.25, -0.2) is 4.98 Å². The van der Waals surface area contributed by atoms with E-state index in [4.69, 9.17) is 4.98 Å². The van der Waals surface area contributed by atoms with Crippen molar-refractivity contribution in [3.8, 4) is 22.4 Å². The van der Waals surface area contributed by atoms with Crippen LogP contribution in [-0.4, -0.2) is 64.0 Å². The van der Waals surface area contributed by atoms with Gasteiger partial charge in [-0.1, -0.05) is 26.0 Å². The number of aromatic amines is 1. The van der Waals surface area contributed by atoms with Gasteiger partial charge in [-0.3, -0.25) is 9.78 Å². The van der Waals surface area contributed by atoms with Gasteiger partial charge in [-0.2, -0.15) is 0 Å². The van der Waals surface area contributed by atoms with Crippen molar-refractivity contribution in [2.75, 3.05) is 37.6 Å². The standard InChI is InChI=1S/C31H34N6O.C2H6/c1-19-12-25(13-20(2)34-19)29-21(3)26-6-4-23(14-27(26)35-29)24-5-7-28(32-18-24)36-8-10-37(11-9-36)30(38)31-15-22(16-31)17-33-31;1-2/h4-7,12-14,18,22,33,35H,8-11,15-17H2,1-3H3;1-2H3. The van der Waals surface area contributed by atoms with Gasteiger partial charge in [0, 0.05) is 71.5 Å². The van der Waals surface area contributed by atoms with Crippen molar-refractivity contribution < 1.29 is 4.79 Å². The summed E-state index contributed by atoms with van der Waals surface area (Å²) in [5.41, 5.74) is 8.75. The first kappa shape index (κ1) is 26.5. The van der Waals surface area contributed by atoms with Crippen LogP contribution >= 0.6 is 0 Å². The number of nitrogens with one attached hydrogen (secondary N) is 2. The summed E-state index contributed by atoms with van der Waals surface area (Å²) in [6.45, 7) is 14.4. The van der Waals surface area contributed by atoms with Crippen LogP contribution in [0.5, 0.6) is 0 Å². The molecule has 0 atom stereocenters. The Labute approximate surface area is 237 Å². The third-order valence-electron chi connectivity index (χ3n) is 8.81. The van der Waals surface area contributed by atoms with Gasteiger partial charge < -0.3 is 20.1 Å². The van der Waals surface area contributed by atoms with E-state index in [9.17, 15) is 4.79 Å². The molecule has 3 aromatic heterocycles. The monoisotopic (exact) mass is 536 g/mol. The Balaban J connectivity index is 0.00000142. The minimum Gasteiger partial charge on any atom is -0.354 e. The van der Waals surface area contributed by atoms with Gasteiger partial charge in [0.2, 0.25) is 5.91 Å². The molecule has 8 rings (SSSR count). The first-order chi connectivity index (χ1) is 19.4. The van der Waals surface area contributed by atoms with E-state index in [0.717, 1.165) is 85.1 Å². The molecule has 3 aliphatic heterocycles. The molecule has 0 unspecified atom stereocenters. The highest BCUT2D eigenvalue weighted by molar-refractivity contribution is 5.93. The Morgan fingerprint density at radius 2 is 1.60 bits per heavy atom. The Hall–Kier alpha value is -3.71. The minimum absolute atomic E-state index is 0.248. The highest BCUT2D eigenvalue weighted by Crippen LogP contribution is 2.44. The van der Waals surface area contributed by atoms with E-state index in [2.05, 4.69) is 74.5 Å². The minimum atomic E-state index is -0.248. The Kier molecular flexibility index (Phi) is 6.87. The van der Waals surface area contributed by atoms with E-state index in [1.54, 1.807) is 0 Å². The highest BCUT2D eigenvalue weighted by Gasteiger charge is 2.56. The molecule has 1 aliphatic carbocycles. The predicted octanol–water partition coefficient (Wildman–Crippen LogP) is 5.64. The Morgan fingerprint density at radius 1 is 0.900 bits per heavy atom. The maximum absolute atomic E-state index is 13.1. The molecule has 3 saturated heterocycles. The van der Waals surface area contributed by atoms with Gasteiger partial charge in [0.25, 0.3) is 0 Å². The fourth-order valence-corrected chi connectivity index (χ4v) is 6.77. The van der Waals surface area contributed by atoms with Crippen LogP contribution in [0.15, 0.2) is 48.7 Å². The van der Waals surface area contributed by atoms with Crippen molar-refractivity contribution in [1.29, 1.82) is 0 Å². The van der Waals surface area contributed by atoms with E-state index < -0.39 is 0 Å². The third-order valence-corrected chi connectivity index (χ3v) is 8.81. The number of aromatic nitrogens is 3. The second-order valence-corrected chi connectivity index (χ2v) is 11.4. The van der Waals surface area contributed by atoms with Crippen molar-refractivity contribution in [2.45, 2.75) is 53.0 Å². The molecule has 1 saturated carbocycles. The Morgan fingerprint density at radius 3 is 2.23 bits per heavy atom. The van der Waals surface area contributed by atoms with E-state index in [-0.39, 0.29) is 5.54 Å². The van der Waals surface area contributed by atoms with Gasteiger partial charge >= 0.3 is 0 Å². The molecule has 2 N–H and O–H groups in total. The lowest BCUT2D eigenvalue weighted by atomic mass is 9.72. The van der Waals surface area contributed by atoms with Crippen LogP contribution in [0, 0.1) is 26.7 Å². The number of fused-ring (bicyclic) bond motifs is 2. The van der Waals surface area contributed by atoms with Crippen molar-refractivity contribution in [3.05, 3.63) is 65.6 Å². The maximum atomic E-state index is 13.1. The lowest BCUT2D eigenvalue weighted by molar-refractivity contribution is -0.141. The summed E-state index contributed by atoms with van der Waals surface area (Å²) in [7, 11) is 0. The van der Waals surface area contributed by atoms with Crippen molar-refractivity contribution in [1.82, 2.24) is 25.2 Å². The number of hydrogen-bond acceptors (Lipinski definition) is 5. The number of carbonyl (C=O) groups is 1. The number of nitrogens with zero attached hydrogens (tertiary/aromatic N) is 4. The largest absolute Gasteiger partial charge is 0.354 e. The molecule has 0 spiro atoms. The predicted molar refractivity (Wildman–Crippen MR) is 163 cm³/mol. The number of H-pyrrole nitrogens is 1. The number of benzene rings is 1. The molecule has 1 amide bonds. The zero-order valence-corrected chi connectivity index (χ0v) is 24.3. The summed E-state index contributed by atoms with van der Waals surface area (Å²) in [5, 5.41) is 4.71. The number of rotatable bonds is 4. The summed E-state index contributed by atoms with van der Waals surface area (Å²) < 4.78 is 0. The van der Waals surface area contributed by atoms with Crippen LogP contribution in [0.25, 0.3) is 33.3 Å². The van der Waals surface area contributed by atoms with E-state index in [1.807, 2.05) is 33.9 Å². The molecule has 4 fully saturated rings. The van der Waals surface area contributed by atoms with E-state index in [0.29, 0.717) is 11.8 Å². The van der Waals surface area contributed by atoms with Gasteiger partial charge in [0.1, 0.15) is 5.82 Å². The number of anilines is 1. The van der Waals surface area contributed by atoms with Gasteiger partial charge in [0.05, 0.1) is 5.54 Å². The van der Waals surface area contributed by atoms with Crippen LogP contribution in [0.1, 0.15) is 43.6 Å². The molecule has 40 heavy (non-hydrogen) atoms. The number of amides is 1. The number of pyridine rings is 2. The molecule has 7 nitrogen and oxygen atoms in total. The third kappa shape index (κ3) is 4.56. The van der Waals surface area contributed by atoms with Gasteiger partial charge in [-0.15, -0.1) is 0 Å². The second-order valence-electron chi connectivity index (χ2n) is 11.4. The summed E-state index contributed by atoms with van der Waals surface area (Å²) >= 11 is 0. The van der Waals surface area contributed by atoms with E-state index in [1.165, 1.54) is 16.5 Å². The smallest absolute Gasteiger partial charge is 0.243 e. The lowest BCUT2D eigenvalue weighted by Crippen LogP contribution is -2.61. The average molecular weight is 537 g/mol. The topological polar surface area (TPSA) is 77.2 Å². The van der Waals surface area contributed by atoms with Crippen LogP contribution in [-0.2, 0) is 4.79 Å².